The minimum atomic E-state index is -0.288. The Morgan fingerprint density at radius 1 is 1.26 bits per heavy atom. The van der Waals surface area contributed by atoms with Gasteiger partial charge in [0.25, 0.3) is 5.91 Å². The van der Waals surface area contributed by atoms with Crippen molar-refractivity contribution in [3.63, 3.8) is 0 Å². The minimum absolute atomic E-state index is 0.253. The Hall–Kier alpha value is -2.59. The number of ether oxygens (including phenoxy) is 1. The molecule has 0 aliphatic carbocycles. The second-order valence-corrected chi connectivity index (χ2v) is 7.45. The van der Waals surface area contributed by atoms with Crippen LogP contribution in [0, 0.1) is 18.3 Å². The third-order valence-corrected chi connectivity index (χ3v) is 5.26. The van der Waals surface area contributed by atoms with Crippen LogP contribution in [-0.4, -0.2) is 10.9 Å². The number of hydrogen-bond donors (Lipinski definition) is 1. The molecule has 0 atom stereocenters. The zero-order valence-electron chi connectivity index (χ0n) is 14.1. The Morgan fingerprint density at radius 3 is 2.67 bits per heavy atom. The Kier molecular flexibility index (Phi) is 5.97. The van der Waals surface area contributed by atoms with Crippen LogP contribution in [0.1, 0.15) is 25.9 Å². The maximum atomic E-state index is 12.5. The summed E-state index contributed by atoms with van der Waals surface area (Å²) in [6.07, 6.45) is 0. The van der Waals surface area contributed by atoms with Gasteiger partial charge in [-0.25, -0.2) is 4.98 Å². The molecule has 0 radical (unpaired) electrons. The number of benzene rings is 2. The van der Waals surface area contributed by atoms with E-state index < -0.39 is 0 Å². The molecule has 1 aromatic heterocycles. The standard InChI is InChI=1S/C19H13Cl2N3O2S/c1-11-18(19(25)24-14-5-2-12(9-22)16(21)8-14)27-17(23-11)10-26-15-6-3-13(20)4-7-15/h2-8H,10H2,1H3,(H,24,25). The van der Waals surface area contributed by atoms with Crippen molar-refractivity contribution in [2.45, 2.75) is 13.5 Å². The van der Waals surface area contributed by atoms with E-state index in [-0.39, 0.29) is 17.5 Å². The number of carbonyl (C=O) groups excluding carboxylic acids is 1. The molecular formula is C19H13Cl2N3O2S. The van der Waals surface area contributed by atoms with Gasteiger partial charge in [-0.3, -0.25) is 4.79 Å². The van der Waals surface area contributed by atoms with Gasteiger partial charge < -0.3 is 10.1 Å². The van der Waals surface area contributed by atoms with Gasteiger partial charge >= 0.3 is 0 Å². The van der Waals surface area contributed by atoms with Crippen LogP contribution in [0.2, 0.25) is 10.0 Å². The summed E-state index contributed by atoms with van der Waals surface area (Å²) in [7, 11) is 0. The van der Waals surface area contributed by atoms with Crippen molar-refractivity contribution in [2.24, 2.45) is 0 Å². The van der Waals surface area contributed by atoms with Crippen molar-refractivity contribution in [1.29, 1.82) is 5.26 Å². The van der Waals surface area contributed by atoms with Gasteiger partial charge in [-0.2, -0.15) is 5.26 Å². The summed E-state index contributed by atoms with van der Waals surface area (Å²) in [5.74, 6) is 0.383. The predicted octanol–water partition coefficient (Wildman–Crippen LogP) is 5.46. The number of nitrogens with zero attached hydrogens (tertiary/aromatic N) is 2. The van der Waals surface area contributed by atoms with E-state index in [4.69, 9.17) is 33.2 Å². The van der Waals surface area contributed by atoms with Crippen molar-refractivity contribution >= 4 is 46.1 Å². The van der Waals surface area contributed by atoms with E-state index in [0.717, 1.165) is 0 Å². The van der Waals surface area contributed by atoms with Gasteiger partial charge in [0.2, 0.25) is 0 Å². The molecule has 0 saturated heterocycles. The van der Waals surface area contributed by atoms with E-state index in [1.807, 2.05) is 6.07 Å². The number of carbonyl (C=O) groups is 1. The fourth-order valence-electron chi connectivity index (χ4n) is 2.27. The van der Waals surface area contributed by atoms with Crippen LogP contribution in [0.25, 0.3) is 0 Å². The number of amides is 1. The summed E-state index contributed by atoms with van der Waals surface area (Å²) in [6, 6.07) is 13.7. The predicted molar refractivity (Wildman–Crippen MR) is 107 cm³/mol. The summed E-state index contributed by atoms with van der Waals surface area (Å²) in [5, 5.41) is 13.3. The van der Waals surface area contributed by atoms with Crippen LogP contribution in [0.3, 0.4) is 0 Å². The highest BCUT2D eigenvalue weighted by molar-refractivity contribution is 7.13. The van der Waals surface area contributed by atoms with E-state index in [1.165, 1.54) is 11.3 Å². The first kappa shape index (κ1) is 19.2. The SMILES string of the molecule is Cc1nc(COc2ccc(Cl)cc2)sc1C(=O)Nc1ccc(C#N)c(Cl)c1. The molecule has 3 aromatic rings. The maximum Gasteiger partial charge on any atom is 0.267 e. The Labute approximate surface area is 170 Å². The van der Waals surface area contributed by atoms with E-state index in [1.54, 1.807) is 49.4 Å². The second-order valence-electron chi connectivity index (χ2n) is 5.53. The van der Waals surface area contributed by atoms with Crippen molar-refractivity contribution in [3.05, 3.63) is 73.7 Å². The maximum absolute atomic E-state index is 12.5. The summed E-state index contributed by atoms with van der Waals surface area (Å²) >= 11 is 13.1. The molecule has 1 amide bonds. The third kappa shape index (κ3) is 4.77. The lowest BCUT2D eigenvalue weighted by Crippen LogP contribution is -2.11. The zero-order chi connectivity index (χ0) is 19.4. The van der Waals surface area contributed by atoms with Gasteiger partial charge in [-0.15, -0.1) is 11.3 Å². The Morgan fingerprint density at radius 2 is 2.00 bits per heavy atom. The first-order valence-corrected chi connectivity index (χ1v) is 9.39. The van der Waals surface area contributed by atoms with Crippen LogP contribution in [-0.2, 0) is 6.61 Å². The van der Waals surface area contributed by atoms with Gasteiger partial charge in [0, 0.05) is 10.7 Å². The van der Waals surface area contributed by atoms with Gasteiger partial charge in [0.15, 0.2) is 0 Å². The quantitative estimate of drug-likeness (QED) is 0.597. The highest BCUT2D eigenvalue weighted by Gasteiger charge is 2.16. The first-order valence-electron chi connectivity index (χ1n) is 7.82. The number of hydrogen-bond acceptors (Lipinski definition) is 5. The molecule has 2 aromatic carbocycles. The minimum Gasteiger partial charge on any atom is -0.486 e. The fraction of sp³-hybridized carbons (Fsp3) is 0.105. The zero-order valence-corrected chi connectivity index (χ0v) is 16.5. The smallest absolute Gasteiger partial charge is 0.267 e. The average molecular weight is 418 g/mol. The molecule has 0 spiro atoms. The molecule has 0 aliphatic heterocycles. The molecule has 1 N–H and O–H groups in total. The number of rotatable bonds is 5. The largest absolute Gasteiger partial charge is 0.486 e. The normalized spacial score (nSPS) is 10.3. The van der Waals surface area contributed by atoms with Crippen molar-refractivity contribution in [2.75, 3.05) is 5.32 Å². The monoisotopic (exact) mass is 417 g/mol. The Balaban J connectivity index is 1.68. The van der Waals surface area contributed by atoms with Crippen LogP contribution in [0.5, 0.6) is 5.75 Å². The van der Waals surface area contributed by atoms with Gasteiger partial charge in [-0.05, 0) is 49.4 Å². The molecule has 3 rings (SSSR count). The Bertz CT molecular complexity index is 1030. The topological polar surface area (TPSA) is 75.0 Å². The van der Waals surface area contributed by atoms with Crippen molar-refractivity contribution < 1.29 is 9.53 Å². The van der Waals surface area contributed by atoms with E-state index in [0.29, 0.717) is 37.6 Å². The molecule has 0 saturated carbocycles. The molecule has 0 unspecified atom stereocenters. The fourth-order valence-corrected chi connectivity index (χ4v) is 3.49. The summed E-state index contributed by atoms with van der Waals surface area (Å²) < 4.78 is 5.66. The van der Waals surface area contributed by atoms with Gasteiger partial charge in [0.05, 0.1) is 16.3 Å². The molecule has 0 aliphatic rings. The van der Waals surface area contributed by atoms with Gasteiger partial charge in [0.1, 0.15) is 28.3 Å². The number of aryl methyl sites for hydroxylation is 1. The van der Waals surface area contributed by atoms with E-state index in [9.17, 15) is 4.79 Å². The molecule has 1 heterocycles. The number of thiazole rings is 1. The van der Waals surface area contributed by atoms with Crippen molar-refractivity contribution in [3.8, 4) is 11.8 Å². The highest BCUT2D eigenvalue weighted by atomic mass is 35.5. The number of nitriles is 1. The second kappa shape index (κ2) is 8.40. The number of halogens is 2. The van der Waals surface area contributed by atoms with Crippen LogP contribution < -0.4 is 10.1 Å². The summed E-state index contributed by atoms with van der Waals surface area (Å²) in [4.78, 5) is 17.4. The molecule has 136 valence electrons. The van der Waals surface area contributed by atoms with E-state index in [2.05, 4.69) is 10.3 Å². The lowest BCUT2D eigenvalue weighted by atomic mass is 10.2. The van der Waals surface area contributed by atoms with Crippen LogP contribution >= 0.6 is 34.5 Å². The molecule has 8 heteroatoms. The summed E-state index contributed by atoms with van der Waals surface area (Å²) in [6.45, 7) is 2.02. The van der Waals surface area contributed by atoms with Crippen LogP contribution in [0.4, 0.5) is 5.69 Å². The average Bonchev–Trinajstić information content (AvgIpc) is 3.02. The lowest BCUT2D eigenvalue weighted by molar-refractivity contribution is 0.103. The lowest BCUT2D eigenvalue weighted by Gasteiger charge is -2.05. The molecular weight excluding hydrogens is 405 g/mol. The number of nitrogens with one attached hydrogen (secondary N) is 1. The number of anilines is 1. The van der Waals surface area contributed by atoms with Crippen molar-refractivity contribution in [1.82, 2.24) is 4.98 Å². The summed E-state index contributed by atoms with van der Waals surface area (Å²) in [5.41, 5.74) is 1.48. The van der Waals surface area contributed by atoms with E-state index >= 15 is 0 Å². The molecule has 5 nitrogen and oxygen atoms in total. The molecule has 0 fully saturated rings. The molecule has 0 bridgehead atoms. The molecule has 27 heavy (non-hydrogen) atoms. The van der Waals surface area contributed by atoms with Crippen LogP contribution in [0.15, 0.2) is 42.5 Å². The first-order chi connectivity index (χ1) is 13.0. The van der Waals surface area contributed by atoms with Gasteiger partial charge in [-0.1, -0.05) is 23.2 Å². The highest BCUT2D eigenvalue weighted by Crippen LogP contribution is 2.24. The third-order valence-electron chi connectivity index (χ3n) is 3.57. The number of aromatic nitrogens is 1.